The van der Waals surface area contributed by atoms with E-state index in [4.69, 9.17) is 4.52 Å². The van der Waals surface area contributed by atoms with E-state index in [-0.39, 0.29) is 23.8 Å². The Morgan fingerprint density at radius 3 is 3.12 bits per heavy atom. The van der Waals surface area contributed by atoms with Crippen molar-refractivity contribution in [1.29, 1.82) is 0 Å². The van der Waals surface area contributed by atoms with Crippen molar-refractivity contribution in [1.82, 2.24) is 34.7 Å². The van der Waals surface area contributed by atoms with Gasteiger partial charge in [0.15, 0.2) is 0 Å². The van der Waals surface area contributed by atoms with E-state index in [9.17, 15) is 4.79 Å². The van der Waals surface area contributed by atoms with E-state index in [1.54, 1.807) is 6.20 Å². The second-order valence-corrected chi connectivity index (χ2v) is 6.87. The van der Waals surface area contributed by atoms with Gasteiger partial charge >= 0.3 is 0 Å². The zero-order valence-electron chi connectivity index (χ0n) is 14.2. The fraction of sp³-hybridized carbons (Fsp3) is 0.471. The molecule has 1 N–H and O–H groups in total. The minimum atomic E-state index is -0.250. The molecule has 134 valence electrons. The maximum Gasteiger partial charge on any atom is 0.292 e. The average molecular weight is 353 g/mol. The van der Waals surface area contributed by atoms with Gasteiger partial charge in [0.2, 0.25) is 11.7 Å². The Morgan fingerprint density at radius 2 is 2.23 bits per heavy atom. The molecule has 0 unspecified atom stereocenters. The van der Waals surface area contributed by atoms with Gasteiger partial charge in [-0.05, 0) is 38.3 Å². The highest BCUT2D eigenvalue weighted by Crippen LogP contribution is 2.32. The molecule has 26 heavy (non-hydrogen) atoms. The molecule has 0 radical (unpaired) electrons. The third kappa shape index (κ3) is 2.84. The van der Waals surface area contributed by atoms with Crippen LogP contribution in [0.1, 0.15) is 53.9 Å². The first-order chi connectivity index (χ1) is 12.8. The number of rotatable bonds is 5. The summed E-state index contributed by atoms with van der Waals surface area (Å²) < 4.78 is 7.39. The first kappa shape index (κ1) is 15.4. The molecule has 1 aliphatic carbocycles. The van der Waals surface area contributed by atoms with E-state index in [0.29, 0.717) is 18.2 Å². The minimum absolute atomic E-state index is 0.0206. The Balaban J connectivity index is 1.34. The summed E-state index contributed by atoms with van der Waals surface area (Å²) in [6.45, 7) is 1.65. The van der Waals surface area contributed by atoms with Crippen LogP contribution in [0.2, 0.25) is 0 Å². The Labute approximate surface area is 149 Å². The number of nitrogens with zero attached hydrogens (tertiary/aromatic N) is 6. The summed E-state index contributed by atoms with van der Waals surface area (Å²) >= 11 is 0. The average Bonchev–Trinajstić information content (AvgIpc) is 3.07. The van der Waals surface area contributed by atoms with Gasteiger partial charge in [0.25, 0.3) is 11.7 Å². The maximum absolute atomic E-state index is 12.1. The van der Waals surface area contributed by atoms with Gasteiger partial charge in [-0.25, -0.2) is 9.97 Å². The number of carbonyl (C=O) groups is 1. The molecule has 0 spiro atoms. The first-order valence-corrected chi connectivity index (χ1v) is 8.93. The molecule has 1 saturated carbocycles. The molecule has 1 atom stereocenters. The fourth-order valence-electron chi connectivity index (χ4n) is 3.44. The summed E-state index contributed by atoms with van der Waals surface area (Å²) in [5.41, 5.74) is 1.06. The number of hydrogen-bond donors (Lipinski definition) is 1. The smallest absolute Gasteiger partial charge is 0.292 e. The lowest BCUT2D eigenvalue weighted by atomic mass is 10.2. The molecule has 4 heterocycles. The largest absolute Gasteiger partial charge is 0.346 e. The minimum Gasteiger partial charge on any atom is -0.346 e. The summed E-state index contributed by atoms with van der Waals surface area (Å²) in [6.07, 6.45) is 9.58. The van der Waals surface area contributed by atoms with E-state index in [1.165, 1.54) is 0 Å². The molecule has 1 amide bonds. The summed E-state index contributed by atoms with van der Waals surface area (Å²) in [5, 5.41) is 6.76. The predicted octanol–water partition coefficient (Wildman–Crippen LogP) is 1.34. The molecular weight excluding hydrogens is 334 g/mol. The molecule has 3 aromatic rings. The van der Waals surface area contributed by atoms with Crippen molar-refractivity contribution in [3.8, 4) is 0 Å². The second kappa shape index (κ2) is 6.17. The Hall–Kier alpha value is -2.81. The molecule has 5 rings (SSSR count). The third-order valence-electron chi connectivity index (χ3n) is 4.94. The number of likely N-dealkylation sites (tertiary alicyclic amines) is 1. The molecule has 2 aliphatic rings. The maximum atomic E-state index is 12.1. The summed E-state index contributed by atoms with van der Waals surface area (Å²) in [4.78, 5) is 27.3. The van der Waals surface area contributed by atoms with E-state index < -0.39 is 0 Å². The van der Waals surface area contributed by atoms with Gasteiger partial charge in [-0.15, -0.1) is 0 Å². The van der Waals surface area contributed by atoms with Gasteiger partial charge in [0.1, 0.15) is 0 Å². The molecule has 1 saturated heterocycles. The summed E-state index contributed by atoms with van der Waals surface area (Å²) in [6, 6.07) is 2.19. The number of imidazole rings is 1. The van der Waals surface area contributed by atoms with Crippen LogP contribution < -0.4 is 5.32 Å². The van der Waals surface area contributed by atoms with Crippen LogP contribution in [0.3, 0.4) is 0 Å². The first-order valence-electron chi connectivity index (χ1n) is 8.93. The third-order valence-corrected chi connectivity index (χ3v) is 4.94. The van der Waals surface area contributed by atoms with Gasteiger partial charge in [-0.1, -0.05) is 5.16 Å². The Kier molecular flexibility index (Phi) is 3.66. The highest BCUT2D eigenvalue weighted by molar-refractivity contribution is 5.90. The number of fused-ring (bicyclic) bond motifs is 1. The highest BCUT2D eigenvalue weighted by Gasteiger charge is 2.33. The molecule has 0 bridgehead atoms. The van der Waals surface area contributed by atoms with Crippen LogP contribution in [0.15, 0.2) is 29.2 Å². The van der Waals surface area contributed by atoms with Crippen LogP contribution in [0, 0.1) is 0 Å². The van der Waals surface area contributed by atoms with Gasteiger partial charge in [-0.2, -0.15) is 4.98 Å². The van der Waals surface area contributed by atoms with Gasteiger partial charge in [0, 0.05) is 25.0 Å². The van der Waals surface area contributed by atoms with E-state index >= 15 is 0 Å². The fourth-order valence-corrected chi connectivity index (χ4v) is 3.44. The zero-order chi connectivity index (χ0) is 17.5. The van der Waals surface area contributed by atoms with Gasteiger partial charge in [0.05, 0.1) is 17.9 Å². The van der Waals surface area contributed by atoms with Crippen molar-refractivity contribution in [3.05, 3.63) is 42.1 Å². The predicted molar refractivity (Wildman–Crippen MR) is 90.2 cm³/mol. The Morgan fingerprint density at radius 1 is 1.31 bits per heavy atom. The lowest BCUT2D eigenvalue weighted by Gasteiger charge is -2.20. The van der Waals surface area contributed by atoms with Crippen LogP contribution in [-0.2, 0) is 6.54 Å². The van der Waals surface area contributed by atoms with Gasteiger partial charge in [-0.3, -0.25) is 14.1 Å². The number of hydrogen-bond acceptors (Lipinski definition) is 7. The van der Waals surface area contributed by atoms with Crippen molar-refractivity contribution >= 4 is 11.7 Å². The quantitative estimate of drug-likeness (QED) is 0.738. The molecule has 9 nitrogen and oxygen atoms in total. The molecule has 2 fully saturated rings. The second-order valence-electron chi connectivity index (χ2n) is 6.87. The van der Waals surface area contributed by atoms with Crippen molar-refractivity contribution < 1.29 is 9.32 Å². The molecule has 0 aromatic carbocycles. The van der Waals surface area contributed by atoms with Crippen LogP contribution >= 0.6 is 0 Å². The van der Waals surface area contributed by atoms with Crippen molar-refractivity contribution in [2.75, 3.05) is 6.54 Å². The molecule has 1 aliphatic heterocycles. The normalized spacial score (nSPS) is 20.7. The van der Waals surface area contributed by atoms with Gasteiger partial charge < -0.3 is 9.84 Å². The lowest BCUT2D eigenvalue weighted by molar-refractivity contribution is 0.0937. The lowest BCUT2D eigenvalue weighted by Crippen LogP contribution is -2.27. The zero-order valence-corrected chi connectivity index (χ0v) is 14.2. The summed E-state index contributed by atoms with van der Waals surface area (Å²) in [5.74, 6) is 1.07. The van der Waals surface area contributed by atoms with Crippen LogP contribution in [0.4, 0.5) is 0 Å². The van der Waals surface area contributed by atoms with E-state index in [2.05, 4.69) is 30.3 Å². The monoisotopic (exact) mass is 353 g/mol. The van der Waals surface area contributed by atoms with E-state index in [1.807, 2.05) is 22.9 Å². The molecular formula is C17H19N7O2. The van der Waals surface area contributed by atoms with E-state index in [0.717, 1.165) is 37.9 Å². The highest BCUT2D eigenvalue weighted by atomic mass is 16.5. The Bertz CT molecular complexity index is 945. The van der Waals surface area contributed by atoms with Crippen LogP contribution in [-0.4, -0.2) is 47.9 Å². The SMILES string of the molecule is O=C(NC1CC1)c1noc([C@H]2CCCN2Cc2cnc3ncccn23)n1. The van der Waals surface area contributed by atoms with Crippen LogP contribution in [0.25, 0.3) is 5.78 Å². The van der Waals surface area contributed by atoms with Crippen LogP contribution in [0.5, 0.6) is 0 Å². The molecule has 9 heteroatoms. The number of aromatic nitrogens is 5. The van der Waals surface area contributed by atoms with Crippen molar-refractivity contribution in [2.45, 2.75) is 44.3 Å². The summed E-state index contributed by atoms with van der Waals surface area (Å²) in [7, 11) is 0. The molecule has 3 aromatic heterocycles. The number of amides is 1. The van der Waals surface area contributed by atoms with Crippen molar-refractivity contribution in [2.24, 2.45) is 0 Å². The number of nitrogens with one attached hydrogen (secondary N) is 1. The topological polar surface area (TPSA) is 101 Å². The van der Waals surface area contributed by atoms with Crippen molar-refractivity contribution in [3.63, 3.8) is 0 Å². The number of carbonyl (C=O) groups excluding carboxylic acids is 1. The standard InChI is InChI=1S/C17H19N7O2/c25-15(20-11-4-5-11)14-21-16(26-22-14)13-3-1-7-23(13)10-12-9-19-17-18-6-2-8-24(12)17/h2,6,8-9,11,13H,1,3-5,7,10H2,(H,20,25)/t13-/m1/s1.